The van der Waals surface area contributed by atoms with Crippen LogP contribution >= 0.6 is 0 Å². The van der Waals surface area contributed by atoms with Gasteiger partial charge >= 0.3 is 5.97 Å². The zero-order chi connectivity index (χ0) is 13.3. The number of carboxylic acids is 1. The number of carboxylic acid groups (broad SMARTS) is 1. The summed E-state index contributed by atoms with van der Waals surface area (Å²) in [6.45, 7) is 1.90. The number of benzene rings is 1. The van der Waals surface area contributed by atoms with Gasteiger partial charge in [-0.3, -0.25) is 4.79 Å². The number of rotatable bonds is 4. The molecule has 1 aliphatic rings. The summed E-state index contributed by atoms with van der Waals surface area (Å²) in [7, 11) is 3.15. The van der Waals surface area contributed by atoms with Crippen molar-refractivity contribution in [2.24, 2.45) is 0 Å². The third kappa shape index (κ3) is 1.72. The Morgan fingerprint density at radius 2 is 1.94 bits per heavy atom. The molecule has 0 bridgehead atoms. The maximum atomic E-state index is 11.5. The smallest absolute Gasteiger partial charge is 0.314 e. The lowest BCUT2D eigenvalue weighted by atomic mass is 9.64. The predicted octanol–water partition coefficient (Wildman–Crippen LogP) is 2.52. The van der Waals surface area contributed by atoms with E-state index in [4.69, 9.17) is 9.47 Å². The molecular formula is C14H18O4. The van der Waals surface area contributed by atoms with E-state index >= 15 is 0 Å². The summed E-state index contributed by atoms with van der Waals surface area (Å²) in [5.41, 5.74) is 0.986. The normalized spacial score (nSPS) is 16.8. The van der Waals surface area contributed by atoms with Crippen molar-refractivity contribution in [1.29, 1.82) is 0 Å². The lowest BCUT2D eigenvalue weighted by Crippen LogP contribution is -2.42. The summed E-state index contributed by atoms with van der Waals surface area (Å²) in [5, 5.41) is 9.45. The van der Waals surface area contributed by atoms with Crippen molar-refractivity contribution in [2.45, 2.75) is 31.6 Å². The molecule has 18 heavy (non-hydrogen) atoms. The quantitative estimate of drug-likeness (QED) is 0.892. The first-order chi connectivity index (χ1) is 8.55. The molecule has 2 rings (SSSR count). The standard InChI is InChI=1S/C14H18O4/c1-9-7-10(8-11(17-2)12(9)18-3)14(13(15)16)5-4-6-14/h7-8H,4-6H2,1-3H3,(H,15,16). The number of aliphatic carboxylic acids is 1. The Hall–Kier alpha value is -1.71. The van der Waals surface area contributed by atoms with Crippen LogP contribution in [0.25, 0.3) is 0 Å². The molecule has 1 aromatic carbocycles. The molecule has 1 fully saturated rings. The average Bonchev–Trinajstić information content (AvgIpc) is 2.26. The van der Waals surface area contributed by atoms with Crippen LogP contribution in [0.3, 0.4) is 0 Å². The molecule has 4 nitrogen and oxygen atoms in total. The molecule has 1 N–H and O–H groups in total. The van der Waals surface area contributed by atoms with Gasteiger partial charge in [-0.15, -0.1) is 0 Å². The molecule has 0 unspecified atom stereocenters. The van der Waals surface area contributed by atoms with Crippen LogP contribution in [0, 0.1) is 6.92 Å². The Morgan fingerprint density at radius 3 is 2.33 bits per heavy atom. The molecule has 0 heterocycles. The minimum absolute atomic E-state index is 0.597. The molecule has 1 aliphatic carbocycles. The van der Waals surface area contributed by atoms with Crippen molar-refractivity contribution in [3.8, 4) is 11.5 Å². The van der Waals surface area contributed by atoms with E-state index in [0.29, 0.717) is 24.3 Å². The van der Waals surface area contributed by atoms with Crippen LogP contribution in [0.2, 0.25) is 0 Å². The maximum Gasteiger partial charge on any atom is 0.314 e. The first-order valence-electron chi connectivity index (χ1n) is 6.01. The molecule has 4 heteroatoms. The number of hydrogen-bond acceptors (Lipinski definition) is 3. The third-order valence-electron chi connectivity index (χ3n) is 3.83. The van der Waals surface area contributed by atoms with Gasteiger partial charge in [-0.1, -0.05) is 12.5 Å². The minimum Gasteiger partial charge on any atom is -0.493 e. The first-order valence-corrected chi connectivity index (χ1v) is 6.01. The summed E-state index contributed by atoms with van der Waals surface area (Å²) in [6.07, 6.45) is 2.34. The van der Waals surface area contributed by atoms with E-state index in [1.807, 2.05) is 13.0 Å². The van der Waals surface area contributed by atoms with Crippen molar-refractivity contribution >= 4 is 5.97 Å². The van der Waals surface area contributed by atoms with Crippen molar-refractivity contribution in [1.82, 2.24) is 0 Å². The second-order valence-electron chi connectivity index (χ2n) is 4.77. The fourth-order valence-electron chi connectivity index (χ4n) is 2.59. The van der Waals surface area contributed by atoms with Crippen LogP contribution < -0.4 is 9.47 Å². The van der Waals surface area contributed by atoms with Crippen LogP contribution in [0.15, 0.2) is 12.1 Å². The van der Waals surface area contributed by atoms with Gasteiger partial charge in [0.25, 0.3) is 0 Å². The highest BCUT2D eigenvalue weighted by atomic mass is 16.5. The molecule has 1 aromatic rings. The van der Waals surface area contributed by atoms with Crippen LogP contribution in [0.4, 0.5) is 0 Å². The first kappa shape index (κ1) is 12.7. The molecule has 0 radical (unpaired) electrons. The van der Waals surface area contributed by atoms with Gasteiger partial charge in [0.15, 0.2) is 11.5 Å². The van der Waals surface area contributed by atoms with Crippen molar-refractivity contribution in [2.75, 3.05) is 14.2 Å². The van der Waals surface area contributed by atoms with Crippen LogP contribution in [-0.4, -0.2) is 25.3 Å². The van der Waals surface area contributed by atoms with Gasteiger partial charge in [0, 0.05) is 0 Å². The Kier molecular flexibility index (Phi) is 3.20. The van der Waals surface area contributed by atoms with E-state index in [1.165, 1.54) is 0 Å². The molecule has 98 valence electrons. The molecule has 0 saturated heterocycles. The summed E-state index contributed by atoms with van der Waals surface area (Å²) in [6, 6.07) is 3.69. The van der Waals surface area contributed by atoms with Gasteiger partial charge in [0.2, 0.25) is 0 Å². The molecule has 1 saturated carbocycles. The summed E-state index contributed by atoms with van der Waals surface area (Å²) < 4.78 is 10.6. The van der Waals surface area contributed by atoms with E-state index in [-0.39, 0.29) is 0 Å². The highest BCUT2D eigenvalue weighted by Crippen LogP contribution is 2.47. The lowest BCUT2D eigenvalue weighted by Gasteiger charge is -2.38. The predicted molar refractivity (Wildman–Crippen MR) is 67.4 cm³/mol. The molecule has 0 aromatic heterocycles. The number of hydrogen-bond donors (Lipinski definition) is 1. The Labute approximate surface area is 107 Å². The zero-order valence-corrected chi connectivity index (χ0v) is 10.9. The fourth-order valence-corrected chi connectivity index (χ4v) is 2.59. The van der Waals surface area contributed by atoms with E-state index in [0.717, 1.165) is 17.5 Å². The minimum atomic E-state index is -0.750. The molecule has 0 amide bonds. The third-order valence-corrected chi connectivity index (χ3v) is 3.83. The van der Waals surface area contributed by atoms with Crippen molar-refractivity contribution < 1.29 is 19.4 Å². The Bertz CT molecular complexity index is 475. The van der Waals surface area contributed by atoms with Crippen molar-refractivity contribution in [3.63, 3.8) is 0 Å². The molecule has 0 spiro atoms. The number of aryl methyl sites for hydroxylation is 1. The van der Waals surface area contributed by atoms with Gasteiger partial charge in [-0.25, -0.2) is 0 Å². The van der Waals surface area contributed by atoms with Crippen LogP contribution in [-0.2, 0) is 10.2 Å². The van der Waals surface area contributed by atoms with Crippen molar-refractivity contribution in [3.05, 3.63) is 23.3 Å². The van der Waals surface area contributed by atoms with E-state index in [9.17, 15) is 9.90 Å². The molecule has 0 aliphatic heterocycles. The second kappa shape index (κ2) is 4.52. The van der Waals surface area contributed by atoms with Gasteiger partial charge in [-0.05, 0) is 37.0 Å². The molecule has 0 atom stereocenters. The Balaban J connectivity index is 2.52. The zero-order valence-electron chi connectivity index (χ0n) is 10.9. The number of methoxy groups -OCH3 is 2. The fraction of sp³-hybridized carbons (Fsp3) is 0.500. The summed E-state index contributed by atoms with van der Waals surface area (Å²) >= 11 is 0. The summed E-state index contributed by atoms with van der Waals surface area (Å²) in [4.78, 5) is 11.5. The van der Waals surface area contributed by atoms with E-state index < -0.39 is 11.4 Å². The lowest BCUT2D eigenvalue weighted by molar-refractivity contribution is -0.147. The second-order valence-corrected chi connectivity index (χ2v) is 4.77. The average molecular weight is 250 g/mol. The highest BCUT2D eigenvalue weighted by Gasteiger charge is 2.46. The topological polar surface area (TPSA) is 55.8 Å². The van der Waals surface area contributed by atoms with E-state index in [2.05, 4.69) is 0 Å². The number of ether oxygens (including phenoxy) is 2. The van der Waals surface area contributed by atoms with E-state index in [1.54, 1.807) is 20.3 Å². The van der Waals surface area contributed by atoms with Gasteiger partial charge in [0.1, 0.15) is 0 Å². The largest absolute Gasteiger partial charge is 0.493 e. The SMILES string of the molecule is COc1cc(C2(C(=O)O)CCC2)cc(C)c1OC. The maximum absolute atomic E-state index is 11.5. The van der Waals surface area contributed by atoms with Gasteiger partial charge < -0.3 is 14.6 Å². The van der Waals surface area contributed by atoms with Gasteiger partial charge in [-0.2, -0.15) is 0 Å². The molecular weight excluding hydrogens is 232 g/mol. The number of carbonyl (C=O) groups is 1. The monoisotopic (exact) mass is 250 g/mol. The van der Waals surface area contributed by atoms with Gasteiger partial charge in [0.05, 0.1) is 19.6 Å². The Morgan fingerprint density at radius 1 is 1.28 bits per heavy atom. The van der Waals surface area contributed by atoms with Crippen LogP contribution in [0.1, 0.15) is 30.4 Å². The van der Waals surface area contributed by atoms with Crippen LogP contribution in [0.5, 0.6) is 11.5 Å². The summed E-state index contributed by atoms with van der Waals surface area (Å²) in [5.74, 6) is 0.515. The highest BCUT2D eigenvalue weighted by molar-refractivity contribution is 5.83.